The summed E-state index contributed by atoms with van der Waals surface area (Å²) in [5.74, 6) is -1.77. The van der Waals surface area contributed by atoms with Gasteiger partial charge < -0.3 is 14.6 Å². The van der Waals surface area contributed by atoms with Gasteiger partial charge in [-0.25, -0.2) is 4.79 Å². The molecule has 1 aliphatic carbocycles. The lowest BCUT2D eigenvalue weighted by Crippen LogP contribution is -2.55. The van der Waals surface area contributed by atoms with Crippen LogP contribution in [0.25, 0.3) is 0 Å². The Morgan fingerprint density at radius 3 is 2.80 bits per heavy atom. The number of allylic oxidation sites excluding steroid dienone is 1. The molecule has 0 aromatic carbocycles. The van der Waals surface area contributed by atoms with E-state index in [0.717, 1.165) is 0 Å². The molecule has 6 heteroatoms. The highest BCUT2D eigenvalue weighted by Gasteiger charge is 2.60. The third kappa shape index (κ3) is 1.31. The van der Waals surface area contributed by atoms with Crippen LogP contribution in [0.2, 0.25) is 0 Å². The van der Waals surface area contributed by atoms with Crippen LogP contribution in [0, 0.1) is 11.8 Å². The molecule has 1 N–H and O–H groups in total. The van der Waals surface area contributed by atoms with Crippen LogP contribution in [0.4, 0.5) is 0 Å². The van der Waals surface area contributed by atoms with E-state index >= 15 is 0 Å². The van der Waals surface area contributed by atoms with Crippen molar-refractivity contribution < 1.29 is 24.2 Å². The first-order valence-electron chi connectivity index (χ1n) is 6.28. The van der Waals surface area contributed by atoms with Crippen LogP contribution in [-0.2, 0) is 14.3 Å². The summed E-state index contributed by atoms with van der Waals surface area (Å²) >= 11 is 0. The first kappa shape index (κ1) is 11.5. The van der Waals surface area contributed by atoms with Crippen molar-refractivity contribution in [1.82, 2.24) is 4.57 Å². The number of carbonyl (C=O) groups excluding carboxylic acids is 2. The fourth-order valence-corrected chi connectivity index (χ4v) is 2.91. The Kier molecular flexibility index (Phi) is 2.07. The van der Waals surface area contributed by atoms with Gasteiger partial charge in [0.25, 0.3) is 12.2 Å². The van der Waals surface area contributed by atoms with Crippen molar-refractivity contribution in [1.29, 1.82) is 0 Å². The summed E-state index contributed by atoms with van der Waals surface area (Å²) in [5.41, 5.74) is -1.69. The van der Waals surface area contributed by atoms with Crippen LogP contribution in [0.15, 0.2) is 48.5 Å². The number of aromatic nitrogens is 1. The molecule has 4 atom stereocenters. The molecule has 0 saturated carbocycles. The quantitative estimate of drug-likeness (QED) is 0.594. The molecule has 1 saturated heterocycles. The summed E-state index contributed by atoms with van der Waals surface area (Å²) in [5, 5.41) is 10.4. The third-order valence-corrected chi connectivity index (χ3v) is 3.98. The molecular formula is C14H11NO5. The number of hydrogen-bond donors (Lipinski definition) is 1. The van der Waals surface area contributed by atoms with Crippen LogP contribution in [0.5, 0.6) is 0 Å². The molecule has 4 unspecified atom stereocenters. The molecule has 6 nitrogen and oxygen atoms in total. The molecule has 0 amide bonds. The molecule has 4 rings (SSSR count). The highest BCUT2D eigenvalue weighted by atomic mass is 16.7. The number of esters is 1. The zero-order chi connectivity index (χ0) is 13.9. The number of ether oxygens (including phenoxy) is 2. The predicted molar refractivity (Wildman–Crippen MR) is 65.2 cm³/mol. The van der Waals surface area contributed by atoms with Crippen molar-refractivity contribution in [2.75, 3.05) is 0 Å². The second-order valence-corrected chi connectivity index (χ2v) is 5.11. The lowest BCUT2D eigenvalue weighted by atomic mass is 9.80. The van der Waals surface area contributed by atoms with Crippen LogP contribution in [-0.4, -0.2) is 33.4 Å². The summed E-state index contributed by atoms with van der Waals surface area (Å²) in [6.07, 6.45) is 6.99. The van der Waals surface area contributed by atoms with E-state index in [2.05, 4.69) is 0 Å². The molecule has 3 aliphatic rings. The molecular weight excluding hydrogens is 262 g/mol. The van der Waals surface area contributed by atoms with E-state index in [1.165, 1.54) is 16.7 Å². The Morgan fingerprint density at radius 2 is 2.05 bits per heavy atom. The normalized spacial score (nSPS) is 37.1. The minimum atomic E-state index is -1.69. The van der Waals surface area contributed by atoms with Gasteiger partial charge in [0.2, 0.25) is 0 Å². The molecule has 4 bridgehead atoms. The van der Waals surface area contributed by atoms with E-state index in [4.69, 9.17) is 9.47 Å². The summed E-state index contributed by atoms with van der Waals surface area (Å²) in [7, 11) is 0. The maximum absolute atomic E-state index is 12.2. The number of hydrogen-bond acceptors (Lipinski definition) is 5. The van der Waals surface area contributed by atoms with Gasteiger partial charge in [0.15, 0.2) is 11.4 Å². The van der Waals surface area contributed by atoms with Crippen molar-refractivity contribution in [3.05, 3.63) is 48.5 Å². The van der Waals surface area contributed by atoms with Gasteiger partial charge in [-0.1, -0.05) is 6.08 Å². The second kappa shape index (κ2) is 3.61. The van der Waals surface area contributed by atoms with E-state index in [1.54, 1.807) is 30.6 Å². The first-order valence-corrected chi connectivity index (χ1v) is 6.28. The van der Waals surface area contributed by atoms with Crippen LogP contribution in [0.3, 0.4) is 0 Å². The highest BCUT2D eigenvalue weighted by molar-refractivity contribution is 5.94. The summed E-state index contributed by atoms with van der Waals surface area (Å²) in [6, 6.07) is 3.45. The Balaban J connectivity index is 1.75. The van der Waals surface area contributed by atoms with E-state index in [9.17, 15) is 14.7 Å². The number of aliphatic hydroxyl groups is 1. The molecule has 1 aromatic heterocycles. The van der Waals surface area contributed by atoms with Gasteiger partial charge >= 0.3 is 5.97 Å². The molecule has 1 aromatic rings. The van der Waals surface area contributed by atoms with E-state index in [-0.39, 0.29) is 17.6 Å². The largest absolute Gasteiger partial charge is 0.449 e. The van der Waals surface area contributed by atoms with Gasteiger partial charge in [0, 0.05) is 18.3 Å². The zero-order valence-electron chi connectivity index (χ0n) is 10.3. The van der Waals surface area contributed by atoms with Crippen molar-refractivity contribution >= 4 is 11.9 Å². The number of carbonyl (C=O) groups is 2. The molecule has 20 heavy (non-hydrogen) atoms. The number of nitrogens with zero attached hydrogens (tertiary/aromatic N) is 1. The predicted octanol–water partition coefficient (Wildman–Crippen LogP) is 0.459. The third-order valence-electron chi connectivity index (χ3n) is 3.98. The lowest BCUT2D eigenvalue weighted by molar-refractivity contribution is -0.223. The van der Waals surface area contributed by atoms with Crippen molar-refractivity contribution in [2.24, 2.45) is 11.8 Å². The molecule has 0 spiro atoms. The van der Waals surface area contributed by atoms with Crippen molar-refractivity contribution in [3.63, 3.8) is 0 Å². The topological polar surface area (TPSA) is 77.8 Å². The average Bonchev–Trinajstić information content (AvgIpc) is 3.04. The summed E-state index contributed by atoms with van der Waals surface area (Å²) in [6.45, 7) is 0. The summed E-state index contributed by atoms with van der Waals surface area (Å²) in [4.78, 5) is 24.0. The van der Waals surface area contributed by atoms with Crippen LogP contribution in [0.1, 0.15) is 4.79 Å². The first-order chi connectivity index (χ1) is 9.59. The molecule has 102 valence electrons. The van der Waals surface area contributed by atoms with E-state index in [1.807, 2.05) is 0 Å². The molecule has 0 radical (unpaired) electrons. The Bertz CT molecular complexity index is 659. The van der Waals surface area contributed by atoms with Crippen molar-refractivity contribution in [2.45, 2.75) is 11.9 Å². The highest BCUT2D eigenvalue weighted by Crippen LogP contribution is 2.47. The second-order valence-electron chi connectivity index (χ2n) is 5.11. The van der Waals surface area contributed by atoms with Crippen LogP contribution < -0.4 is 0 Å². The Morgan fingerprint density at radius 1 is 1.30 bits per heavy atom. The minimum Gasteiger partial charge on any atom is -0.449 e. The SMILES string of the molecule is O=C(C1=CC2C3C=CC2(O)C(=O)OC3O1)n1cccc1. The van der Waals surface area contributed by atoms with Gasteiger partial charge in [-0.3, -0.25) is 9.36 Å². The molecule has 3 heterocycles. The van der Waals surface area contributed by atoms with Gasteiger partial charge in [-0.15, -0.1) is 0 Å². The van der Waals surface area contributed by atoms with E-state index < -0.39 is 23.8 Å². The van der Waals surface area contributed by atoms with Gasteiger partial charge in [-0.05, 0) is 24.3 Å². The van der Waals surface area contributed by atoms with Crippen LogP contribution >= 0.6 is 0 Å². The fourth-order valence-electron chi connectivity index (χ4n) is 2.91. The standard InChI is InChI=1S/C14H11NO5/c16-11(15-5-1-2-6-15)10-7-9-8-3-4-14(9,18)13(17)20-12(8)19-10/h1-9,12,18H. The smallest absolute Gasteiger partial charge is 0.345 e. The van der Waals surface area contributed by atoms with Gasteiger partial charge in [0.1, 0.15) is 0 Å². The van der Waals surface area contributed by atoms with Crippen molar-refractivity contribution in [3.8, 4) is 0 Å². The average molecular weight is 273 g/mol. The van der Waals surface area contributed by atoms with Gasteiger partial charge in [0.05, 0.1) is 5.92 Å². The Labute approximate surface area is 113 Å². The zero-order valence-corrected chi connectivity index (χ0v) is 10.3. The fraction of sp³-hybridized carbons (Fsp3) is 0.286. The molecule has 1 fully saturated rings. The van der Waals surface area contributed by atoms with Gasteiger partial charge in [-0.2, -0.15) is 0 Å². The lowest BCUT2D eigenvalue weighted by Gasteiger charge is -2.41. The maximum atomic E-state index is 12.2. The van der Waals surface area contributed by atoms with E-state index in [0.29, 0.717) is 0 Å². The Hall–Kier alpha value is -2.34. The minimum absolute atomic E-state index is 0.0853. The molecule has 2 aliphatic heterocycles. The summed E-state index contributed by atoms with van der Waals surface area (Å²) < 4.78 is 11.9. The number of rotatable bonds is 1. The monoisotopic (exact) mass is 273 g/mol. The maximum Gasteiger partial charge on any atom is 0.345 e.